The van der Waals surface area contributed by atoms with Gasteiger partial charge in [-0.3, -0.25) is 0 Å². The lowest BCUT2D eigenvalue weighted by Crippen LogP contribution is -2.18. The van der Waals surface area contributed by atoms with Crippen LogP contribution in [0.15, 0.2) is 103 Å². The van der Waals surface area contributed by atoms with E-state index in [1.165, 1.54) is 27.8 Å². The second-order valence-electron chi connectivity index (χ2n) is 10.0. The molecule has 1 aliphatic carbocycles. The van der Waals surface area contributed by atoms with Crippen LogP contribution in [0.3, 0.4) is 0 Å². The Morgan fingerprint density at radius 3 is 2.19 bits per heavy atom. The number of benzene rings is 4. The molecule has 4 aromatic rings. The molecule has 2 nitrogen and oxygen atoms in total. The van der Waals surface area contributed by atoms with Crippen molar-refractivity contribution in [1.82, 2.24) is 0 Å². The molecule has 0 heterocycles. The summed E-state index contributed by atoms with van der Waals surface area (Å²) >= 11 is 3.48. The molecule has 0 amide bonds. The molecule has 1 aliphatic rings. The molecule has 190 valence electrons. The molecular formula is C34H35BrO2. The third-order valence-electron chi connectivity index (χ3n) is 7.51. The minimum absolute atomic E-state index is 0.273. The Labute approximate surface area is 229 Å². The number of alkyl halides is 1. The summed E-state index contributed by atoms with van der Waals surface area (Å²) in [6.07, 6.45) is 3.21. The average Bonchev–Trinajstić information content (AvgIpc) is 3.09. The molecule has 37 heavy (non-hydrogen) atoms. The zero-order valence-electron chi connectivity index (χ0n) is 21.5. The third kappa shape index (κ3) is 6.27. The molecule has 4 aromatic carbocycles. The van der Waals surface area contributed by atoms with Crippen LogP contribution in [0.1, 0.15) is 59.4 Å². The van der Waals surface area contributed by atoms with E-state index in [0.29, 0.717) is 18.4 Å². The minimum Gasteiger partial charge on any atom is -0.494 e. The fraction of sp³-hybridized carbons (Fsp3) is 0.294. The number of hydrogen-bond donors (Lipinski definition) is 0. The van der Waals surface area contributed by atoms with E-state index in [2.05, 4.69) is 120 Å². The molecule has 0 spiro atoms. The van der Waals surface area contributed by atoms with Crippen LogP contribution in [0.4, 0.5) is 0 Å². The molecule has 0 N–H and O–H groups in total. The largest absolute Gasteiger partial charge is 0.494 e. The van der Waals surface area contributed by atoms with Gasteiger partial charge in [-0.15, -0.1) is 0 Å². The average molecular weight is 556 g/mol. The first-order valence-corrected chi connectivity index (χ1v) is 14.5. The second kappa shape index (κ2) is 12.5. The lowest BCUT2D eigenvalue weighted by atomic mass is 9.72. The maximum absolute atomic E-state index is 6.22. The molecule has 0 fully saturated rings. The minimum atomic E-state index is 0.273. The third-order valence-corrected chi connectivity index (χ3v) is 8.07. The van der Waals surface area contributed by atoms with Gasteiger partial charge in [0.1, 0.15) is 18.1 Å². The quantitative estimate of drug-likeness (QED) is 0.117. The van der Waals surface area contributed by atoms with E-state index in [-0.39, 0.29) is 5.92 Å². The standard InChI is InChI=1S/C34H35BrO2/c1-25-13-14-29-23-31(37-24-26-9-4-2-5-10-26)19-20-32(29)34(33(25)27-11-6-3-7-12-27)28-15-17-30(18-16-28)36-22-8-21-35/h2-7,9-12,15-20,23,25,33-34H,8,13-14,21-22,24H2,1H3/t25?,33-,34?/m1/s1. The fourth-order valence-corrected chi connectivity index (χ4v) is 5.85. The van der Waals surface area contributed by atoms with Crippen molar-refractivity contribution in [2.24, 2.45) is 5.92 Å². The smallest absolute Gasteiger partial charge is 0.120 e. The van der Waals surface area contributed by atoms with Gasteiger partial charge in [0.25, 0.3) is 0 Å². The number of fused-ring (bicyclic) bond motifs is 1. The summed E-state index contributed by atoms with van der Waals surface area (Å²) < 4.78 is 12.2. The summed E-state index contributed by atoms with van der Waals surface area (Å²) in [7, 11) is 0. The van der Waals surface area contributed by atoms with E-state index in [1.807, 2.05) is 6.07 Å². The highest BCUT2D eigenvalue weighted by Gasteiger charge is 2.34. The predicted molar refractivity (Wildman–Crippen MR) is 156 cm³/mol. The summed E-state index contributed by atoms with van der Waals surface area (Å²) in [4.78, 5) is 0. The number of ether oxygens (including phenoxy) is 2. The van der Waals surface area contributed by atoms with E-state index in [1.54, 1.807) is 0 Å². The maximum atomic E-state index is 6.22. The zero-order valence-corrected chi connectivity index (χ0v) is 23.1. The van der Waals surface area contributed by atoms with E-state index < -0.39 is 0 Å². The van der Waals surface area contributed by atoms with Crippen molar-refractivity contribution >= 4 is 15.9 Å². The van der Waals surface area contributed by atoms with Gasteiger partial charge in [0.05, 0.1) is 6.61 Å². The van der Waals surface area contributed by atoms with Gasteiger partial charge in [0, 0.05) is 11.2 Å². The number of rotatable bonds is 9. The summed E-state index contributed by atoms with van der Waals surface area (Å²) in [5.41, 5.74) is 6.76. The summed E-state index contributed by atoms with van der Waals surface area (Å²) in [5, 5.41) is 0.956. The van der Waals surface area contributed by atoms with E-state index in [0.717, 1.165) is 42.7 Å². The maximum Gasteiger partial charge on any atom is 0.120 e. The molecule has 0 aliphatic heterocycles. The summed E-state index contributed by atoms with van der Waals surface area (Å²) in [6, 6.07) is 37.0. The van der Waals surface area contributed by atoms with Crippen molar-refractivity contribution in [2.45, 2.75) is 44.6 Å². The SMILES string of the molecule is CC1CCc2cc(OCc3ccccc3)ccc2C(c2ccc(OCCCBr)cc2)[C@H]1c1ccccc1. The Morgan fingerprint density at radius 1 is 0.757 bits per heavy atom. The first-order valence-electron chi connectivity index (χ1n) is 13.4. The predicted octanol–water partition coefficient (Wildman–Crippen LogP) is 8.93. The van der Waals surface area contributed by atoms with Crippen LogP contribution in [0.5, 0.6) is 11.5 Å². The monoisotopic (exact) mass is 554 g/mol. The molecule has 0 aromatic heterocycles. The fourth-order valence-electron chi connectivity index (χ4n) is 5.62. The number of halogens is 1. The van der Waals surface area contributed by atoms with E-state index in [4.69, 9.17) is 9.47 Å². The van der Waals surface area contributed by atoms with Gasteiger partial charge >= 0.3 is 0 Å². The van der Waals surface area contributed by atoms with Gasteiger partial charge in [-0.05, 0) is 83.2 Å². The highest BCUT2D eigenvalue weighted by molar-refractivity contribution is 9.09. The van der Waals surface area contributed by atoms with E-state index in [9.17, 15) is 0 Å². The summed E-state index contributed by atoms with van der Waals surface area (Å²) in [6.45, 7) is 3.73. The Balaban J connectivity index is 1.49. The van der Waals surface area contributed by atoms with Crippen molar-refractivity contribution in [2.75, 3.05) is 11.9 Å². The molecule has 2 unspecified atom stereocenters. The Hall–Kier alpha value is -3.04. The molecule has 3 heteroatoms. The van der Waals surface area contributed by atoms with Crippen LogP contribution < -0.4 is 9.47 Å². The van der Waals surface area contributed by atoms with Crippen LogP contribution in [0.2, 0.25) is 0 Å². The highest BCUT2D eigenvalue weighted by Crippen LogP contribution is 2.48. The molecule has 3 atom stereocenters. The second-order valence-corrected chi connectivity index (χ2v) is 10.8. The van der Waals surface area contributed by atoms with Gasteiger partial charge in [-0.2, -0.15) is 0 Å². The van der Waals surface area contributed by atoms with Gasteiger partial charge in [-0.25, -0.2) is 0 Å². The van der Waals surface area contributed by atoms with Gasteiger partial charge in [-0.1, -0.05) is 102 Å². The van der Waals surface area contributed by atoms with Crippen LogP contribution in [-0.2, 0) is 13.0 Å². The number of aryl methyl sites for hydroxylation is 1. The van der Waals surface area contributed by atoms with Crippen molar-refractivity contribution in [1.29, 1.82) is 0 Å². The van der Waals surface area contributed by atoms with Gasteiger partial charge in [0.2, 0.25) is 0 Å². The van der Waals surface area contributed by atoms with Crippen LogP contribution in [0, 0.1) is 5.92 Å². The highest BCUT2D eigenvalue weighted by atomic mass is 79.9. The van der Waals surface area contributed by atoms with Crippen molar-refractivity contribution in [3.63, 3.8) is 0 Å². The first kappa shape index (κ1) is 25.6. The molecule has 0 radical (unpaired) electrons. The van der Waals surface area contributed by atoms with Crippen molar-refractivity contribution in [3.8, 4) is 11.5 Å². The summed E-state index contributed by atoms with van der Waals surface area (Å²) in [5.74, 6) is 3.10. The normalized spacial score (nSPS) is 19.0. The van der Waals surface area contributed by atoms with Crippen LogP contribution in [0.25, 0.3) is 0 Å². The van der Waals surface area contributed by atoms with Crippen molar-refractivity contribution < 1.29 is 9.47 Å². The van der Waals surface area contributed by atoms with E-state index >= 15 is 0 Å². The lowest BCUT2D eigenvalue weighted by molar-refractivity contribution is 0.306. The number of hydrogen-bond acceptors (Lipinski definition) is 2. The Kier molecular flexibility index (Phi) is 8.63. The molecule has 0 saturated heterocycles. The Bertz CT molecular complexity index is 1250. The topological polar surface area (TPSA) is 18.5 Å². The molecule has 5 rings (SSSR count). The molecular weight excluding hydrogens is 520 g/mol. The van der Waals surface area contributed by atoms with Gasteiger partial charge in [0.15, 0.2) is 0 Å². The first-order chi connectivity index (χ1) is 18.2. The molecule has 0 saturated carbocycles. The van der Waals surface area contributed by atoms with Crippen LogP contribution >= 0.6 is 15.9 Å². The lowest BCUT2D eigenvalue weighted by Gasteiger charge is -2.32. The molecule has 0 bridgehead atoms. The van der Waals surface area contributed by atoms with Crippen LogP contribution in [-0.4, -0.2) is 11.9 Å². The zero-order chi connectivity index (χ0) is 25.5. The Morgan fingerprint density at radius 2 is 1.46 bits per heavy atom. The van der Waals surface area contributed by atoms with Gasteiger partial charge < -0.3 is 9.47 Å². The van der Waals surface area contributed by atoms with Crippen molar-refractivity contribution in [3.05, 3.63) is 131 Å².